The van der Waals surface area contributed by atoms with Crippen LogP contribution in [0, 0.1) is 12.3 Å². The normalized spacial score (nSPS) is 11.8. The maximum absolute atomic E-state index is 11.9. The van der Waals surface area contributed by atoms with Crippen LogP contribution in [-0.2, 0) is 4.79 Å². The fraction of sp³-hybridized carbons (Fsp3) is 0.385. The van der Waals surface area contributed by atoms with E-state index in [0.29, 0.717) is 10.2 Å². The minimum atomic E-state index is -0.426. The molecule has 3 nitrogen and oxygen atoms in total. The summed E-state index contributed by atoms with van der Waals surface area (Å²) in [6, 6.07) is 3.78. The van der Waals surface area contributed by atoms with E-state index in [9.17, 15) is 4.79 Å². The number of anilines is 1. The standard InChI is InChI=1S/C13H15ClN2OS/c1-7-8(14)5-6-9-10(7)15-12(18-9)16-11(17)13(2,3)4/h5-6H,1-4H3,(H,15,16,17). The van der Waals surface area contributed by atoms with Crippen molar-refractivity contribution in [2.75, 3.05) is 5.32 Å². The first-order chi connectivity index (χ1) is 8.29. The van der Waals surface area contributed by atoms with Crippen LogP contribution in [0.2, 0.25) is 5.02 Å². The third-order valence-electron chi connectivity index (χ3n) is 2.65. The van der Waals surface area contributed by atoms with Crippen LogP contribution in [0.5, 0.6) is 0 Å². The zero-order chi connectivity index (χ0) is 13.5. The van der Waals surface area contributed by atoms with Crippen LogP contribution in [-0.4, -0.2) is 10.9 Å². The maximum atomic E-state index is 11.9. The lowest BCUT2D eigenvalue weighted by atomic mass is 9.96. The molecule has 2 rings (SSSR count). The minimum absolute atomic E-state index is 0.0368. The Bertz CT molecular complexity index is 613. The minimum Gasteiger partial charge on any atom is -0.301 e. The van der Waals surface area contributed by atoms with Crippen LogP contribution < -0.4 is 5.32 Å². The third kappa shape index (κ3) is 2.49. The van der Waals surface area contributed by atoms with Gasteiger partial charge in [0.1, 0.15) is 0 Å². The molecule has 1 aromatic carbocycles. The topological polar surface area (TPSA) is 42.0 Å². The predicted octanol–water partition coefficient (Wildman–Crippen LogP) is 4.24. The Kier molecular flexibility index (Phi) is 3.34. The number of thiazole rings is 1. The molecule has 0 saturated carbocycles. The highest BCUT2D eigenvalue weighted by molar-refractivity contribution is 7.22. The van der Waals surface area contributed by atoms with Crippen molar-refractivity contribution in [2.45, 2.75) is 27.7 Å². The van der Waals surface area contributed by atoms with E-state index in [1.54, 1.807) is 0 Å². The molecule has 5 heteroatoms. The first-order valence-corrected chi connectivity index (χ1v) is 6.85. The zero-order valence-electron chi connectivity index (χ0n) is 10.8. The Morgan fingerprint density at radius 1 is 1.39 bits per heavy atom. The molecular formula is C13H15ClN2OS. The van der Waals surface area contributed by atoms with Crippen LogP contribution in [0.15, 0.2) is 12.1 Å². The molecule has 0 spiro atoms. The average molecular weight is 283 g/mol. The number of aryl methyl sites for hydroxylation is 1. The number of halogens is 1. The van der Waals surface area contributed by atoms with Gasteiger partial charge >= 0.3 is 0 Å². The fourth-order valence-electron chi connectivity index (χ4n) is 1.44. The summed E-state index contributed by atoms with van der Waals surface area (Å²) in [6.45, 7) is 7.55. The summed E-state index contributed by atoms with van der Waals surface area (Å²) in [7, 11) is 0. The fourth-order valence-corrected chi connectivity index (χ4v) is 2.51. The van der Waals surface area contributed by atoms with Gasteiger partial charge in [-0.3, -0.25) is 4.79 Å². The second-order valence-electron chi connectivity index (χ2n) is 5.24. The van der Waals surface area contributed by atoms with Gasteiger partial charge < -0.3 is 5.32 Å². The summed E-state index contributed by atoms with van der Waals surface area (Å²) in [5.74, 6) is -0.0368. The van der Waals surface area contributed by atoms with Gasteiger partial charge in [-0.25, -0.2) is 4.98 Å². The summed E-state index contributed by atoms with van der Waals surface area (Å²) >= 11 is 7.52. The Balaban J connectivity index is 2.37. The van der Waals surface area contributed by atoms with Crippen molar-refractivity contribution in [2.24, 2.45) is 5.41 Å². The predicted molar refractivity (Wildman–Crippen MR) is 77.5 cm³/mol. The van der Waals surface area contributed by atoms with Crippen LogP contribution in [0.1, 0.15) is 26.3 Å². The first kappa shape index (κ1) is 13.3. The van der Waals surface area contributed by atoms with Crippen LogP contribution in [0.4, 0.5) is 5.13 Å². The number of aromatic nitrogens is 1. The van der Waals surface area contributed by atoms with E-state index in [2.05, 4.69) is 10.3 Å². The molecule has 0 aliphatic rings. The number of amides is 1. The van der Waals surface area contributed by atoms with Crippen molar-refractivity contribution < 1.29 is 4.79 Å². The van der Waals surface area contributed by atoms with Crippen molar-refractivity contribution in [1.29, 1.82) is 0 Å². The molecule has 1 N–H and O–H groups in total. The molecule has 0 unspecified atom stereocenters. The molecule has 2 aromatic rings. The van der Waals surface area contributed by atoms with Crippen molar-refractivity contribution in [3.8, 4) is 0 Å². The van der Waals surface area contributed by atoms with E-state index in [1.165, 1.54) is 11.3 Å². The van der Waals surface area contributed by atoms with Gasteiger partial charge in [0, 0.05) is 10.4 Å². The maximum Gasteiger partial charge on any atom is 0.231 e. The molecule has 0 atom stereocenters. The highest BCUT2D eigenvalue weighted by Crippen LogP contribution is 2.32. The van der Waals surface area contributed by atoms with Gasteiger partial charge in [-0.05, 0) is 24.6 Å². The van der Waals surface area contributed by atoms with Crippen LogP contribution >= 0.6 is 22.9 Å². The van der Waals surface area contributed by atoms with E-state index in [-0.39, 0.29) is 5.91 Å². The number of hydrogen-bond donors (Lipinski definition) is 1. The lowest BCUT2D eigenvalue weighted by molar-refractivity contribution is -0.123. The molecule has 0 aliphatic carbocycles. The van der Waals surface area contributed by atoms with E-state index >= 15 is 0 Å². The lowest BCUT2D eigenvalue weighted by Crippen LogP contribution is -2.27. The highest BCUT2D eigenvalue weighted by atomic mass is 35.5. The number of benzene rings is 1. The number of fused-ring (bicyclic) bond motifs is 1. The van der Waals surface area contributed by atoms with Gasteiger partial charge in [-0.2, -0.15) is 0 Å². The van der Waals surface area contributed by atoms with Gasteiger partial charge in [0.2, 0.25) is 5.91 Å². The van der Waals surface area contributed by atoms with Crippen molar-refractivity contribution >= 4 is 44.2 Å². The zero-order valence-corrected chi connectivity index (χ0v) is 12.4. The van der Waals surface area contributed by atoms with Crippen molar-refractivity contribution in [1.82, 2.24) is 4.98 Å². The average Bonchev–Trinajstić information content (AvgIpc) is 2.66. The molecule has 0 saturated heterocycles. The monoisotopic (exact) mass is 282 g/mol. The third-order valence-corrected chi connectivity index (χ3v) is 4.00. The van der Waals surface area contributed by atoms with Gasteiger partial charge in [0.25, 0.3) is 0 Å². The number of carbonyl (C=O) groups is 1. The largest absolute Gasteiger partial charge is 0.301 e. The van der Waals surface area contributed by atoms with E-state index < -0.39 is 5.41 Å². The molecule has 18 heavy (non-hydrogen) atoms. The smallest absolute Gasteiger partial charge is 0.231 e. The number of nitrogens with one attached hydrogen (secondary N) is 1. The van der Waals surface area contributed by atoms with Gasteiger partial charge in [0.15, 0.2) is 5.13 Å². The Hall–Kier alpha value is -1.13. The summed E-state index contributed by atoms with van der Waals surface area (Å²) in [5.41, 5.74) is 1.38. The highest BCUT2D eigenvalue weighted by Gasteiger charge is 2.22. The van der Waals surface area contributed by atoms with E-state index in [1.807, 2.05) is 39.8 Å². The van der Waals surface area contributed by atoms with Gasteiger partial charge in [-0.1, -0.05) is 43.7 Å². The molecule has 1 heterocycles. The second kappa shape index (κ2) is 4.52. The molecule has 1 amide bonds. The number of carbonyl (C=O) groups excluding carboxylic acids is 1. The van der Waals surface area contributed by atoms with E-state index in [4.69, 9.17) is 11.6 Å². The number of nitrogens with zero attached hydrogens (tertiary/aromatic N) is 1. The van der Waals surface area contributed by atoms with Crippen molar-refractivity contribution in [3.05, 3.63) is 22.7 Å². The first-order valence-electron chi connectivity index (χ1n) is 5.66. The van der Waals surface area contributed by atoms with Crippen molar-refractivity contribution in [3.63, 3.8) is 0 Å². The van der Waals surface area contributed by atoms with Crippen LogP contribution in [0.25, 0.3) is 10.2 Å². The Labute approximate surface area is 115 Å². The molecular weight excluding hydrogens is 268 g/mol. The summed E-state index contributed by atoms with van der Waals surface area (Å²) < 4.78 is 1.03. The Morgan fingerprint density at radius 2 is 2.06 bits per heavy atom. The molecule has 0 fully saturated rings. The number of rotatable bonds is 1. The summed E-state index contributed by atoms with van der Waals surface area (Å²) in [4.78, 5) is 16.3. The molecule has 0 radical (unpaired) electrons. The quantitative estimate of drug-likeness (QED) is 0.850. The molecule has 0 aliphatic heterocycles. The lowest BCUT2D eigenvalue weighted by Gasteiger charge is -2.15. The molecule has 1 aromatic heterocycles. The SMILES string of the molecule is Cc1c(Cl)ccc2sc(NC(=O)C(C)(C)C)nc12. The number of hydrogen-bond acceptors (Lipinski definition) is 3. The Morgan fingerprint density at radius 3 is 2.67 bits per heavy atom. The summed E-state index contributed by atoms with van der Waals surface area (Å²) in [6.07, 6.45) is 0. The molecule has 96 valence electrons. The molecule has 0 bridgehead atoms. The second-order valence-corrected chi connectivity index (χ2v) is 6.68. The van der Waals surface area contributed by atoms with Gasteiger partial charge in [0.05, 0.1) is 10.2 Å². The van der Waals surface area contributed by atoms with Crippen LogP contribution in [0.3, 0.4) is 0 Å². The van der Waals surface area contributed by atoms with E-state index in [0.717, 1.165) is 15.8 Å². The van der Waals surface area contributed by atoms with Gasteiger partial charge in [-0.15, -0.1) is 0 Å². The summed E-state index contributed by atoms with van der Waals surface area (Å²) in [5, 5.41) is 4.16.